The van der Waals surface area contributed by atoms with Crippen LogP contribution >= 0.6 is 0 Å². The van der Waals surface area contributed by atoms with Gasteiger partial charge >= 0.3 is 0 Å². The van der Waals surface area contributed by atoms with Gasteiger partial charge in [-0.25, -0.2) is 4.98 Å². The van der Waals surface area contributed by atoms with Gasteiger partial charge in [-0.05, 0) is 12.1 Å². The van der Waals surface area contributed by atoms with Crippen LogP contribution in [0.3, 0.4) is 0 Å². The topological polar surface area (TPSA) is 59.0 Å². The quantitative estimate of drug-likeness (QED) is 0.802. The van der Waals surface area contributed by atoms with E-state index in [1.165, 1.54) is 0 Å². The number of amides is 1. The molecule has 1 amide bonds. The Kier molecular flexibility index (Phi) is 2.76. The molecule has 5 nitrogen and oxygen atoms in total. The van der Waals surface area contributed by atoms with Gasteiger partial charge in [-0.1, -0.05) is 12.1 Å². The predicted octanol–water partition coefficient (Wildman–Crippen LogP) is 0.824. The van der Waals surface area contributed by atoms with Gasteiger partial charge in [0.25, 0.3) is 0 Å². The highest BCUT2D eigenvalue weighted by atomic mass is 16.1. The Morgan fingerprint density at radius 3 is 2.81 bits per heavy atom. The lowest BCUT2D eigenvalue weighted by Crippen LogP contribution is -2.24. The minimum Gasteiger partial charge on any atom is -0.359 e. The molecule has 2 rings (SSSR count). The average molecular weight is 218 g/mol. The number of nitrogens with one attached hydrogen (secondary N) is 2. The van der Waals surface area contributed by atoms with E-state index in [0.29, 0.717) is 5.95 Å². The van der Waals surface area contributed by atoms with Crippen LogP contribution in [0.1, 0.15) is 0 Å². The van der Waals surface area contributed by atoms with Crippen LogP contribution in [0.2, 0.25) is 0 Å². The van der Waals surface area contributed by atoms with Crippen molar-refractivity contribution in [1.29, 1.82) is 0 Å². The van der Waals surface area contributed by atoms with E-state index in [-0.39, 0.29) is 12.5 Å². The number of carbonyl (C=O) groups excluding carboxylic acids is 1. The zero-order valence-corrected chi connectivity index (χ0v) is 9.32. The van der Waals surface area contributed by atoms with Crippen molar-refractivity contribution in [2.24, 2.45) is 0 Å². The van der Waals surface area contributed by atoms with Crippen LogP contribution in [0.4, 0.5) is 5.95 Å². The maximum atomic E-state index is 11.4. The molecule has 0 radical (unpaired) electrons. The van der Waals surface area contributed by atoms with Crippen molar-refractivity contribution >= 4 is 22.9 Å². The smallest absolute Gasteiger partial charge is 0.239 e. The number of likely N-dealkylation sites (N-methyl/N-ethyl adjacent to an activating group) is 1. The van der Waals surface area contributed by atoms with Crippen molar-refractivity contribution in [3.05, 3.63) is 24.3 Å². The van der Waals surface area contributed by atoms with Gasteiger partial charge in [0, 0.05) is 14.1 Å². The summed E-state index contributed by atoms with van der Waals surface area (Å²) in [6.45, 7) is 0.271. The van der Waals surface area contributed by atoms with E-state index in [9.17, 15) is 4.79 Å². The van der Waals surface area contributed by atoms with Gasteiger partial charge in [-0.2, -0.15) is 0 Å². The summed E-state index contributed by atoms with van der Waals surface area (Å²) in [7, 11) is 3.42. The van der Waals surface area contributed by atoms with Crippen molar-refractivity contribution in [2.75, 3.05) is 19.4 Å². The van der Waals surface area contributed by atoms with Gasteiger partial charge in [-0.3, -0.25) is 4.79 Å². The number of benzene rings is 1. The van der Waals surface area contributed by atoms with E-state index in [0.717, 1.165) is 11.0 Å². The summed E-state index contributed by atoms with van der Waals surface area (Å²) >= 11 is 0. The molecule has 84 valence electrons. The number of hydrogen-bond donors (Lipinski definition) is 2. The maximum Gasteiger partial charge on any atom is 0.239 e. The summed E-state index contributed by atoms with van der Waals surface area (Å²) < 4.78 is 1.86. The molecular formula is C11H14N4O. The Labute approximate surface area is 93.5 Å². The molecule has 2 aromatic rings. The zero-order chi connectivity index (χ0) is 11.5. The van der Waals surface area contributed by atoms with Crippen molar-refractivity contribution < 1.29 is 4.79 Å². The van der Waals surface area contributed by atoms with Crippen molar-refractivity contribution in [1.82, 2.24) is 14.9 Å². The van der Waals surface area contributed by atoms with E-state index in [2.05, 4.69) is 15.6 Å². The largest absolute Gasteiger partial charge is 0.359 e. The Hall–Kier alpha value is -2.04. The molecule has 0 bridgehead atoms. The molecule has 0 atom stereocenters. The number of hydrogen-bond acceptors (Lipinski definition) is 3. The van der Waals surface area contributed by atoms with E-state index in [4.69, 9.17) is 0 Å². The van der Waals surface area contributed by atoms with Gasteiger partial charge in [0.2, 0.25) is 11.9 Å². The first-order chi connectivity index (χ1) is 7.76. The Morgan fingerprint density at radius 1 is 1.38 bits per heavy atom. The SMILES string of the molecule is CNC(=O)Cn1c(NC)nc2ccccc21. The highest BCUT2D eigenvalue weighted by molar-refractivity contribution is 5.82. The van der Waals surface area contributed by atoms with Crippen LogP contribution in [0.5, 0.6) is 0 Å². The number of imidazole rings is 1. The zero-order valence-electron chi connectivity index (χ0n) is 9.32. The van der Waals surface area contributed by atoms with Crippen LogP contribution in [0.25, 0.3) is 11.0 Å². The number of fused-ring (bicyclic) bond motifs is 1. The van der Waals surface area contributed by atoms with Crippen LogP contribution in [0.15, 0.2) is 24.3 Å². The van der Waals surface area contributed by atoms with Gasteiger partial charge < -0.3 is 15.2 Å². The fourth-order valence-electron chi connectivity index (χ4n) is 1.65. The molecule has 1 aromatic carbocycles. The normalized spacial score (nSPS) is 10.4. The molecule has 0 saturated carbocycles. The molecule has 0 unspecified atom stereocenters. The highest BCUT2D eigenvalue weighted by Gasteiger charge is 2.11. The second kappa shape index (κ2) is 4.22. The van der Waals surface area contributed by atoms with Crippen molar-refractivity contribution in [3.63, 3.8) is 0 Å². The van der Waals surface area contributed by atoms with Crippen LogP contribution in [0, 0.1) is 0 Å². The van der Waals surface area contributed by atoms with Crippen LogP contribution < -0.4 is 10.6 Å². The molecule has 0 fully saturated rings. The van der Waals surface area contributed by atoms with Gasteiger partial charge in [0.1, 0.15) is 6.54 Å². The lowest BCUT2D eigenvalue weighted by atomic mass is 10.3. The minimum atomic E-state index is -0.0420. The van der Waals surface area contributed by atoms with Crippen molar-refractivity contribution in [2.45, 2.75) is 6.54 Å². The minimum absolute atomic E-state index is 0.0420. The van der Waals surface area contributed by atoms with E-state index in [1.807, 2.05) is 28.8 Å². The number of aromatic nitrogens is 2. The van der Waals surface area contributed by atoms with Gasteiger partial charge in [0.15, 0.2) is 0 Å². The van der Waals surface area contributed by atoms with E-state index in [1.54, 1.807) is 14.1 Å². The van der Waals surface area contributed by atoms with E-state index >= 15 is 0 Å². The molecule has 0 saturated heterocycles. The third kappa shape index (κ3) is 1.71. The lowest BCUT2D eigenvalue weighted by Gasteiger charge is -2.06. The standard InChI is InChI=1S/C11H14N4O/c1-12-10(16)7-15-9-6-4-3-5-8(9)14-11(15)13-2/h3-6H,7H2,1-2H3,(H,12,16)(H,13,14). The third-order valence-corrected chi connectivity index (χ3v) is 2.46. The maximum absolute atomic E-state index is 11.4. The fraction of sp³-hybridized carbons (Fsp3) is 0.273. The Balaban J connectivity index is 2.51. The second-order valence-corrected chi connectivity index (χ2v) is 3.43. The summed E-state index contributed by atoms with van der Waals surface area (Å²) in [4.78, 5) is 15.8. The number of nitrogens with zero attached hydrogens (tertiary/aromatic N) is 2. The second-order valence-electron chi connectivity index (χ2n) is 3.43. The monoisotopic (exact) mass is 218 g/mol. The van der Waals surface area contributed by atoms with Crippen LogP contribution in [-0.2, 0) is 11.3 Å². The highest BCUT2D eigenvalue weighted by Crippen LogP contribution is 2.18. The summed E-state index contributed by atoms with van der Waals surface area (Å²) in [5.41, 5.74) is 1.84. The molecule has 5 heteroatoms. The first kappa shape index (κ1) is 10.5. The average Bonchev–Trinajstić information content (AvgIpc) is 2.67. The molecule has 16 heavy (non-hydrogen) atoms. The fourth-order valence-corrected chi connectivity index (χ4v) is 1.65. The molecular weight excluding hydrogens is 204 g/mol. The molecule has 0 aliphatic rings. The first-order valence-electron chi connectivity index (χ1n) is 5.10. The molecule has 0 aliphatic carbocycles. The van der Waals surface area contributed by atoms with Gasteiger partial charge in [-0.15, -0.1) is 0 Å². The number of para-hydroxylation sites is 2. The molecule has 1 heterocycles. The summed E-state index contributed by atoms with van der Waals surface area (Å²) in [5.74, 6) is 0.657. The molecule has 2 N–H and O–H groups in total. The molecule has 1 aromatic heterocycles. The molecule has 0 spiro atoms. The summed E-state index contributed by atoms with van der Waals surface area (Å²) in [6, 6.07) is 7.74. The van der Waals surface area contributed by atoms with Crippen molar-refractivity contribution in [3.8, 4) is 0 Å². The molecule has 0 aliphatic heterocycles. The summed E-state index contributed by atoms with van der Waals surface area (Å²) in [5, 5.41) is 5.59. The number of anilines is 1. The lowest BCUT2D eigenvalue weighted by molar-refractivity contribution is -0.121. The number of carbonyl (C=O) groups is 1. The number of rotatable bonds is 3. The first-order valence-corrected chi connectivity index (χ1v) is 5.10. The predicted molar refractivity (Wildman–Crippen MR) is 63.3 cm³/mol. The summed E-state index contributed by atoms with van der Waals surface area (Å²) in [6.07, 6.45) is 0. The Bertz CT molecular complexity index is 518. The Morgan fingerprint density at radius 2 is 2.12 bits per heavy atom. The van der Waals surface area contributed by atoms with E-state index < -0.39 is 0 Å². The van der Waals surface area contributed by atoms with Crippen LogP contribution in [-0.4, -0.2) is 29.6 Å². The van der Waals surface area contributed by atoms with Gasteiger partial charge in [0.05, 0.1) is 11.0 Å². The third-order valence-electron chi connectivity index (χ3n) is 2.46.